The molecule has 4 aliphatic rings. The molecule has 1 saturated heterocycles. The molecule has 3 aromatic rings. The van der Waals surface area contributed by atoms with Gasteiger partial charge in [0.15, 0.2) is 5.78 Å². The highest BCUT2D eigenvalue weighted by atomic mass is 16.5. The van der Waals surface area contributed by atoms with Crippen molar-refractivity contribution in [3.8, 4) is 5.75 Å². The number of methoxy groups -OCH3 is 1. The summed E-state index contributed by atoms with van der Waals surface area (Å²) in [7, 11) is 1.60. The van der Waals surface area contributed by atoms with Gasteiger partial charge in [0.2, 0.25) is 5.91 Å². The fraction of sp³-hybridized carbons (Fsp3) is 0.344. The SMILES string of the molecule is COc1ccccc1CC(=O)C1NC(NC(=O)CC(=O)O)C2C3CCC(c4ccccc4)(c4ccccc43)C12. The van der Waals surface area contributed by atoms with Gasteiger partial charge in [-0.15, -0.1) is 0 Å². The highest BCUT2D eigenvalue weighted by molar-refractivity contribution is 5.94. The second kappa shape index (κ2) is 9.97. The Morgan fingerprint density at radius 3 is 2.49 bits per heavy atom. The summed E-state index contributed by atoms with van der Waals surface area (Å²) in [5, 5.41) is 15.7. The van der Waals surface area contributed by atoms with Crippen LogP contribution >= 0.6 is 0 Å². The van der Waals surface area contributed by atoms with E-state index >= 15 is 0 Å². The molecule has 0 aromatic heterocycles. The molecule has 0 radical (unpaired) electrons. The molecule has 200 valence electrons. The van der Waals surface area contributed by atoms with Crippen LogP contribution in [-0.2, 0) is 26.2 Å². The number of rotatable bonds is 8. The van der Waals surface area contributed by atoms with Gasteiger partial charge in [0.1, 0.15) is 12.2 Å². The fourth-order valence-corrected chi connectivity index (χ4v) is 7.75. The van der Waals surface area contributed by atoms with Crippen LogP contribution in [0.5, 0.6) is 5.75 Å². The number of carbonyl (C=O) groups is 3. The predicted octanol–water partition coefficient (Wildman–Crippen LogP) is 3.81. The molecule has 7 rings (SSSR count). The van der Waals surface area contributed by atoms with Crippen molar-refractivity contribution in [3.63, 3.8) is 0 Å². The van der Waals surface area contributed by atoms with Crippen LogP contribution in [0.4, 0.5) is 0 Å². The molecule has 7 heteroatoms. The van der Waals surface area contributed by atoms with Crippen LogP contribution in [0, 0.1) is 11.8 Å². The van der Waals surface area contributed by atoms with Gasteiger partial charge in [0.25, 0.3) is 0 Å². The first-order valence-electron chi connectivity index (χ1n) is 13.5. The number of amides is 1. The Morgan fingerprint density at radius 2 is 1.72 bits per heavy atom. The third kappa shape index (κ3) is 4.12. The van der Waals surface area contributed by atoms with Crippen LogP contribution in [-0.4, -0.2) is 42.1 Å². The van der Waals surface area contributed by atoms with Gasteiger partial charge in [-0.3, -0.25) is 19.7 Å². The molecule has 6 unspecified atom stereocenters. The first-order valence-corrected chi connectivity index (χ1v) is 13.5. The minimum atomic E-state index is -1.18. The molecule has 39 heavy (non-hydrogen) atoms. The van der Waals surface area contributed by atoms with Crippen molar-refractivity contribution < 1.29 is 24.2 Å². The third-order valence-corrected chi connectivity index (χ3v) is 9.06. The zero-order valence-electron chi connectivity index (χ0n) is 21.8. The lowest BCUT2D eigenvalue weighted by Gasteiger charge is -2.57. The Bertz CT molecular complexity index is 1420. The Hall–Kier alpha value is -3.97. The number of hydrogen-bond acceptors (Lipinski definition) is 5. The van der Waals surface area contributed by atoms with Gasteiger partial charge in [-0.1, -0.05) is 72.8 Å². The smallest absolute Gasteiger partial charge is 0.312 e. The van der Waals surface area contributed by atoms with E-state index in [-0.39, 0.29) is 30.0 Å². The van der Waals surface area contributed by atoms with Crippen molar-refractivity contribution in [1.29, 1.82) is 0 Å². The summed E-state index contributed by atoms with van der Waals surface area (Å²) >= 11 is 0. The van der Waals surface area contributed by atoms with Gasteiger partial charge in [0.05, 0.1) is 19.3 Å². The second-order valence-electron chi connectivity index (χ2n) is 10.9. The summed E-state index contributed by atoms with van der Waals surface area (Å²) < 4.78 is 5.53. The molecule has 2 fully saturated rings. The van der Waals surface area contributed by atoms with Crippen molar-refractivity contribution in [2.24, 2.45) is 11.8 Å². The Kier molecular flexibility index (Phi) is 6.47. The van der Waals surface area contributed by atoms with Gasteiger partial charge in [-0.2, -0.15) is 0 Å². The van der Waals surface area contributed by atoms with Crippen molar-refractivity contribution in [1.82, 2.24) is 10.6 Å². The number of ketones is 1. The summed E-state index contributed by atoms with van der Waals surface area (Å²) in [5.41, 5.74) is 4.07. The van der Waals surface area contributed by atoms with E-state index in [1.165, 1.54) is 16.7 Å². The maximum atomic E-state index is 14.2. The summed E-state index contributed by atoms with van der Waals surface area (Å²) in [6, 6.07) is 25.9. The number of para-hydroxylation sites is 1. The molecule has 3 aromatic carbocycles. The number of ether oxygens (including phenoxy) is 1. The lowest BCUT2D eigenvalue weighted by molar-refractivity contribution is -0.141. The fourth-order valence-electron chi connectivity index (χ4n) is 7.75. The molecule has 7 nitrogen and oxygen atoms in total. The number of benzene rings is 3. The average Bonchev–Trinajstić information content (AvgIpc) is 3.34. The van der Waals surface area contributed by atoms with Crippen molar-refractivity contribution in [3.05, 3.63) is 101 Å². The highest BCUT2D eigenvalue weighted by Crippen LogP contribution is 2.64. The van der Waals surface area contributed by atoms with Crippen LogP contribution < -0.4 is 15.4 Å². The van der Waals surface area contributed by atoms with E-state index in [4.69, 9.17) is 4.74 Å². The van der Waals surface area contributed by atoms with E-state index < -0.39 is 35.9 Å². The van der Waals surface area contributed by atoms with E-state index in [0.29, 0.717) is 5.75 Å². The number of carboxylic acid groups (broad SMARTS) is 1. The minimum Gasteiger partial charge on any atom is -0.496 e. The van der Waals surface area contributed by atoms with Gasteiger partial charge < -0.3 is 15.2 Å². The highest BCUT2D eigenvalue weighted by Gasteiger charge is 2.65. The summed E-state index contributed by atoms with van der Waals surface area (Å²) in [6.07, 6.45) is 0.886. The lowest BCUT2D eigenvalue weighted by Crippen LogP contribution is -2.56. The first-order chi connectivity index (χ1) is 18.9. The van der Waals surface area contributed by atoms with E-state index in [1.807, 2.05) is 42.5 Å². The second-order valence-corrected chi connectivity index (χ2v) is 10.9. The molecule has 3 aliphatic carbocycles. The number of nitrogens with one attached hydrogen (secondary N) is 2. The Balaban J connectivity index is 1.47. The predicted molar refractivity (Wildman–Crippen MR) is 145 cm³/mol. The number of carbonyl (C=O) groups excluding carboxylic acids is 2. The van der Waals surface area contributed by atoms with Gasteiger partial charge in [-0.05, 0) is 41.5 Å². The van der Waals surface area contributed by atoms with E-state index in [9.17, 15) is 19.5 Å². The van der Waals surface area contributed by atoms with Gasteiger partial charge >= 0.3 is 5.97 Å². The number of carboxylic acids is 1. The molecule has 3 N–H and O–H groups in total. The largest absolute Gasteiger partial charge is 0.496 e. The summed E-state index contributed by atoms with van der Waals surface area (Å²) in [5.74, 6) is -1.08. The van der Waals surface area contributed by atoms with E-state index in [0.717, 1.165) is 18.4 Å². The van der Waals surface area contributed by atoms with Gasteiger partial charge in [0, 0.05) is 29.2 Å². The zero-order chi connectivity index (χ0) is 27.1. The summed E-state index contributed by atoms with van der Waals surface area (Å²) in [6.45, 7) is 0. The average molecular weight is 525 g/mol. The first kappa shape index (κ1) is 25.3. The van der Waals surface area contributed by atoms with Crippen molar-refractivity contribution >= 4 is 17.7 Å². The number of hydrogen-bond donors (Lipinski definition) is 3. The monoisotopic (exact) mass is 524 g/mol. The van der Waals surface area contributed by atoms with Crippen LogP contribution in [0.1, 0.15) is 47.4 Å². The van der Waals surface area contributed by atoms with Crippen LogP contribution in [0.3, 0.4) is 0 Å². The maximum Gasteiger partial charge on any atom is 0.312 e. The Labute approximate surface area is 227 Å². The molecule has 2 bridgehead atoms. The number of fused-ring (bicyclic) bond motifs is 1. The third-order valence-electron chi connectivity index (χ3n) is 9.06. The molecule has 1 heterocycles. The Morgan fingerprint density at radius 1 is 1.00 bits per heavy atom. The maximum absolute atomic E-state index is 14.2. The van der Waals surface area contributed by atoms with Crippen LogP contribution in [0.25, 0.3) is 0 Å². The van der Waals surface area contributed by atoms with Crippen LogP contribution in [0.15, 0.2) is 78.9 Å². The van der Waals surface area contributed by atoms with Crippen molar-refractivity contribution in [2.45, 2.75) is 49.2 Å². The molecule has 1 amide bonds. The number of aliphatic carboxylic acids is 1. The van der Waals surface area contributed by atoms with Gasteiger partial charge in [-0.25, -0.2) is 0 Å². The standard InChI is InChI=1S/C32H32N2O5/c1-39-25-14-8-5-9-19(25)17-24(35)30-29-28(31(34-30)33-26(36)18-27(37)38)22-15-16-32(29,20-10-3-2-4-11-20)23-13-7-6-12-21(22)23/h2-14,22,28-31,34H,15-18H2,1H3,(H,33,36)(H,37,38). The van der Waals surface area contributed by atoms with E-state index in [2.05, 4.69) is 47.0 Å². The summed E-state index contributed by atoms with van der Waals surface area (Å²) in [4.78, 5) is 38.2. The molecular formula is C32H32N2O5. The molecular weight excluding hydrogens is 492 g/mol. The molecule has 1 aliphatic heterocycles. The molecule has 6 atom stereocenters. The molecule has 0 spiro atoms. The number of Topliss-reactive ketones (excluding diaryl/α,β-unsaturated/α-hetero) is 1. The van der Waals surface area contributed by atoms with Crippen LogP contribution in [0.2, 0.25) is 0 Å². The zero-order valence-corrected chi connectivity index (χ0v) is 21.8. The normalized spacial score (nSPS) is 28.3. The topological polar surface area (TPSA) is 105 Å². The van der Waals surface area contributed by atoms with Crippen molar-refractivity contribution in [2.75, 3.05) is 7.11 Å². The molecule has 1 saturated carbocycles. The quantitative estimate of drug-likeness (QED) is 0.387. The van der Waals surface area contributed by atoms with E-state index in [1.54, 1.807) is 7.11 Å². The minimum absolute atomic E-state index is 0.0322. The lowest BCUT2D eigenvalue weighted by atomic mass is 9.46.